The zero-order chi connectivity index (χ0) is 14.0. The van der Waals surface area contributed by atoms with Gasteiger partial charge >= 0.3 is 5.97 Å². The van der Waals surface area contributed by atoms with Crippen molar-refractivity contribution in [1.82, 2.24) is 4.98 Å². The molecule has 1 aromatic carbocycles. The van der Waals surface area contributed by atoms with Crippen molar-refractivity contribution in [1.29, 1.82) is 0 Å². The summed E-state index contributed by atoms with van der Waals surface area (Å²) in [4.78, 5) is 14.8. The number of rotatable bonds is 3. The maximum Gasteiger partial charge on any atom is 0.337 e. The molecule has 1 heterocycles. The van der Waals surface area contributed by atoms with Gasteiger partial charge in [-0.1, -0.05) is 23.2 Å². The van der Waals surface area contributed by atoms with Crippen LogP contribution in [0.5, 0.6) is 0 Å². The lowest BCUT2D eigenvalue weighted by Gasteiger charge is -2.10. The largest absolute Gasteiger partial charge is 0.478 e. The summed E-state index contributed by atoms with van der Waals surface area (Å²) in [6, 6.07) is 6.06. The topological polar surface area (TPSA) is 62.2 Å². The molecule has 19 heavy (non-hydrogen) atoms. The number of hydrogen-bond acceptors (Lipinski definition) is 3. The molecule has 0 aliphatic heterocycles. The van der Waals surface area contributed by atoms with Gasteiger partial charge in [0.05, 0.1) is 23.1 Å². The Morgan fingerprint density at radius 2 is 2.16 bits per heavy atom. The normalized spacial score (nSPS) is 10.3. The molecule has 0 atom stereocenters. The second-order valence-corrected chi connectivity index (χ2v) is 4.33. The van der Waals surface area contributed by atoms with Crippen LogP contribution in [0, 0.1) is 12.7 Å². The van der Waals surface area contributed by atoms with E-state index in [1.165, 1.54) is 12.3 Å². The van der Waals surface area contributed by atoms with Crippen molar-refractivity contribution in [3.05, 3.63) is 52.6 Å². The molecule has 0 saturated carbocycles. The van der Waals surface area contributed by atoms with Gasteiger partial charge in [0.15, 0.2) is 11.0 Å². The number of aryl methyl sites for hydroxylation is 1. The van der Waals surface area contributed by atoms with E-state index in [1.807, 2.05) is 0 Å². The Morgan fingerprint density at radius 3 is 2.79 bits per heavy atom. The van der Waals surface area contributed by atoms with Crippen LogP contribution < -0.4 is 5.32 Å². The van der Waals surface area contributed by atoms with Gasteiger partial charge in [-0.3, -0.25) is 0 Å². The summed E-state index contributed by atoms with van der Waals surface area (Å²) in [6.45, 7) is 1.79. The molecule has 0 radical (unpaired) electrons. The van der Waals surface area contributed by atoms with Crippen LogP contribution in [0.15, 0.2) is 30.5 Å². The zero-order valence-corrected chi connectivity index (χ0v) is 10.7. The maximum atomic E-state index is 13.3. The van der Waals surface area contributed by atoms with E-state index in [-0.39, 0.29) is 10.7 Å². The predicted octanol–water partition coefficient (Wildman–Crippen LogP) is 3.62. The highest BCUT2D eigenvalue weighted by Crippen LogP contribution is 2.23. The van der Waals surface area contributed by atoms with Crippen LogP contribution in [-0.2, 0) is 0 Å². The number of benzene rings is 1. The first-order valence-electron chi connectivity index (χ1n) is 5.39. The molecule has 4 nitrogen and oxygen atoms in total. The summed E-state index contributed by atoms with van der Waals surface area (Å²) in [6.07, 6.45) is 1.33. The molecule has 0 amide bonds. The number of aromatic carboxylic acids is 1. The van der Waals surface area contributed by atoms with E-state index in [0.29, 0.717) is 11.4 Å². The highest BCUT2D eigenvalue weighted by Gasteiger charge is 2.11. The summed E-state index contributed by atoms with van der Waals surface area (Å²) < 4.78 is 13.3. The van der Waals surface area contributed by atoms with Gasteiger partial charge in [0.1, 0.15) is 0 Å². The van der Waals surface area contributed by atoms with Gasteiger partial charge in [0.2, 0.25) is 0 Å². The molecule has 1 aromatic heterocycles. The van der Waals surface area contributed by atoms with E-state index in [0.717, 1.165) is 11.6 Å². The lowest BCUT2D eigenvalue weighted by atomic mass is 10.1. The number of nitrogens with zero attached hydrogens (tertiary/aromatic N) is 1. The van der Waals surface area contributed by atoms with Gasteiger partial charge < -0.3 is 10.4 Å². The highest BCUT2D eigenvalue weighted by atomic mass is 35.5. The van der Waals surface area contributed by atoms with E-state index >= 15 is 0 Å². The van der Waals surface area contributed by atoms with Gasteiger partial charge in [-0.2, -0.15) is 0 Å². The molecule has 0 saturated heterocycles. The lowest BCUT2D eigenvalue weighted by molar-refractivity contribution is 0.0698. The Labute approximate surface area is 113 Å². The van der Waals surface area contributed by atoms with Crippen molar-refractivity contribution >= 4 is 28.9 Å². The third kappa shape index (κ3) is 3.00. The molecule has 2 N–H and O–H groups in total. The maximum absolute atomic E-state index is 13.3. The van der Waals surface area contributed by atoms with Crippen LogP contribution in [0.25, 0.3) is 0 Å². The third-order valence-electron chi connectivity index (χ3n) is 2.48. The number of hydrogen-bond donors (Lipinski definition) is 2. The SMILES string of the molecule is Cc1ccc(Nc2cnc(Cl)c(F)c2)c(C(=O)O)c1. The number of anilines is 2. The quantitative estimate of drug-likeness (QED) is 0.843. The van der Waals surface area contributed by atoms with Gasteiger partial charge in [-0.15, -0.1) is 0 Å². The number of carbonyl (C=O) groups is 1. The van der Waals surface area contributed by atoms with Crippen LogP contribution in [0.1, 0.15) is 15.9 Å². The fraction of sp³-hybridized carbons (Fsp3) is 0.0769. The van der Waals surface area contributed by atoms with E-state index in [9.17, 15) is 9.18 Å². The molecular formula is C13H10ClFN2O2. The predicted molar refractivity (Wildman–Crippen MR) is 70.6 cm³/mol. The summed E-state index contributed by atoms with van der Waals surface area (Å²) in [7, 11) is 0. The first-order valence-corrected chi connectivity index (χ1v) is 5.77. The highest BCUT2D eigenvalue weighted by molar-refractivity contribution is 6.29. The number of aromatic nitrogens is 1. The van der Waals surface area contributed by atoms with Gasteiger partial charge in [-0.05, 0) is 19.1 Å². The number of carboxylic acid groups (broad SMARTS) is 1. The molecule has 2 rings (SSSR count). The second-order valence-electron chi connectivity index (χ2n) is 3.98. The van der Waals surface area contributed by atoms with Crippen LogP contribution in [-0.4, -0.2) is 16.1 Å². The molecule has 0 aliphatic rings. The molecule has 0 bridgehead atoms. The Kier molecular flexibility index (Phi) is 3.66. The van der Waals surface area contributed by atoms with E-state index < -0.39 is 11.8 Å². The molecule has 0 aliphatic carbocycles. The van der Waals surface area contributed by atoms with Crippen molar-refractivity contribution in [2.24, 2.45) is 0 Å². The van der Waals surface area contributed by atoms with Gasteiger partial charge in [0, 0.05) is 6.07 Å². The van der Waals surface area contributed by atoms with Crippen LogP contribution in [0.4, 0.5) is 15.8 Å². The van der Waals surface area contributed by atoms with Crippen LogP contribution >= 0.6 is 11.6 Å². The summed E-state index contributed by atoms with van der Waals surface area (Å²) >= 11 is 5.48. The number of carboxylic acids is 1. The number of halogens is 2. The fourth-order valence-corrected chi connectivity index (χ4v) is 1.69. The minimum absolute atomic E-state index is 0.107. The Morgan fingerprint density at radius 1 is 1.42 bits per heavy atom. The molecule has 0 spiro atoms. The van der Waals surface area contributed by atoms with Gasteiger partial charge in [0.25, 0.3) is 0 Å². The van der Waals surface area contributed by atoms with Crippen molar-refractivity contribution in [2.45, 2.75) is 6.92 Å². The fourth-order valence-electron chi connectivity index (χ4n) is 1.59. The molecule has 6 heteroatoms. The van der Waals surface area contributed by atoms with Gasteiger partial charge in [-0.25, -0.2) is 14.2 Å². The lowest BCUT2D eigenvalue weighted by Crippen LogP contribution is -2.03. The molecule has 98 valence electrons. The van der Waals surface area contributed by atoms with Crippen LogP contribution in [0.2, 0.25) is 5.15 Å². The monoisotopic (exact) mass is 280 g/mol. The van der Waals surface area contributed by atoms with E-state index in [4.69, 9.17) is 16.7 Å². The molecule has 2 aromatic rings. The first-order chi connectivity index (χ1) is 8.97. The molecular weight excluding hydrogens is 271 g/mol. The third-order valence-corrected chi connectivity index (χ3v) is 2.76. The minimum Gasteiger partial charge on any atom is -0.478 e. The Bertz CT molecular complexity index is 647. The smallest absolute Gasteiger partial charge is 0.337 e. The second kappa shape index (κ2) is 5.24. The van der Waals surface area contributed by atoms with Crippen molar-refractivity contribution in [3.8, 4) is 0 Å². The molecule has 0 fully saturated rings. The van der Waals surface area contributed by atoms with Crippen LogP contribution in [0.3, 0.4) is 0 Å². The van der Waals surface area contributed by atoms with Crippen molar-refractivity contribution < 1.29 is 14.3 Å². The van der Waals surface area contributed by atoms with Crippen molar-refractivity contribution in [2.75, 3.05) is 5.32 Å². The zero-order valence-electron chi connectivity index (χ0n) is 9.95. The number of nitrogens with one attached hydrogen (secondary N) is 1. The summed E-state index contributed by atoms with van der Waals surface area (Å²) in [5.41, 5.74) is 1.62. The minimum atomic E-state index is -1.06. The summed E-state index contributed by atoms with van der Waals surface area (Å²) in [5.74, 6) is -1.73. The van der Waals surface area contributed by atoms with E-state index in [2.05, 4.69) is 10.3 Å². The molecule has 0 unspecified atom stereocenters. The standard InChI is InChI=1S/C13H10ClFN2O2/c1-7-2-3-11(9(4-7)13(18)19)17-8-5-10(15)12(14)16-6-8/h2-6,17H,1H3,(H,18,19). The number of pyridine rings is 1. The Hall–Kier alpha value is -2.14. The summed E-state index contributed by atoms with van der Waals surface area (Å²) in [5, 5.41) is 11.7. The van der Waals surface area contributed by atoms with Crippen molar-refractivity contribution in [3.63, 3.8) is 0 Å². The average Bonchev–Trinajstić information content (AvgIpc) is 2.36. The van der Waals surface area contributed by atoms with E-state index in [1.54, 1.807) is 19.1 Å². The average molecular weight is 281 g/mol. The first kappa shape index (κ1) is 13.3. The Balaban J connectivity index is 2.37.